The summed E-state index contributed by atoms with van der Waals surface area (Å²) in [5.74, 6) is -0.529. The van der Waals surface area contributed by atoms with Crippen molar-refractivity contribution >= 4 is 11.8 Å². The Balaban J connectivity index is 2.47. The van der Waals surface area contributed by atoms with E-state index in [4.69, 9.17) is 0 Å². The highest BCUT2D eigenvalue weighted by Crippen LogP contribution is 2.45. The summed E-state index contributed by atoms with van der Waals surface area (Å²) in [6, 6.07) is 7.95. The van der Waals surface area contributed by atoms with Crippen LogP contribution in [0.4, 0.5) is 0 Å². The first-order valence-corrected chi connectivity index (χ1v) is 6.87. The maximum Gasteiger partial charge on any atom is 0.234 e. The topological polar surface area (TPSA) is 46.2 Å². The zero-order valence-corrected chi connectivity index (χ0v) is 11.8. The highest BCUT2D eigenvalue weighted by Gasteiger charge is 2.45. The predicted octanol–water partition coefficient (Wildman–Crippen LogP) is 2.93. The Kier molecular flexibility index (Phi) is 3.74. The molecule has 2 unspecified atom stereocenters. The van der Waals surface area contributed by atoms with Crippen LogP contribution in [0, 0.1) is 12.3 Å². The number of benzene rings is 1. The van der Waals surface area contributed by atoms with Crippen molar-refractivity contribution in [2.45, 2.75) is 46.0 Å². The van der Waals surface area contributed by atoms with Crippen LogP contribution in [0.3, 0.4) is 0 Å². The number of carbonyl (C=O) groups excluding carboxylic acids is 2. The van der Waals surface area contributed by atoms with Crippen LogP contribution in [0.2, 0.25) is 0 Å². The number of piperidine rings is 1. The summed E-state index contributed by atoms with van der Waals surface area (Å²) in [7, 11) is 0. The van der Waals surface area contributed by atoms with Gasteiger partial charge < -0.3 is 0 Å². The van der Waals surface area contributed by atoms with Gasteiger partial charge in [0.15, 0.2) is 0 Å². The van der Waals surface area contributed by atoms with Crippen molar-refractivity contribution in [2.75, 3.05) is 0 Å². The van der Waals surface area contributed by atoms with Gasteiger partial charge in [0.25, 0.3) is 0 Å². The second kappa shape index (κ2) is 5.16. The summed E-state index contributed by atoms with van der Waals surface area (Å²) < 4.78 is 0. The van der Waals surface area contributed by atoms with Crippen molar-refractivity contribution in [2.24, 2.45) is 5.41 Å². The van der Waals surface area contributed by atoms with Gasteiger partial charge in [-0.15, -0.1) is 0 Å². The number of amides is 2. The first-order chi connectivity index (χ1) is 8.98. The van der Waals surface area contributed by atoms with Crippen LogP contribution in [0.15, 0.2) is 24.3 Å². The zero-order valence-electron chi connectivity index (χ0n) is 11.8. The molecule has 102 valence electrons. The van der Waals surface area contributed by atoms with Gasteiger partial charge in [0.2, 0.25) is 11.8 Å². The maximum absolute atomic E-state index is 12.3. The molecule has 1 fully saturated rings. The van der Waals surface area contributed by atoms with E-state index >= 15 is 0 Å². The largest absolute Gasteiger partial charge is 0.296 e. The molecule has 1 aromatic carbocycles. The van der Waals surface area contributed by atoms with Crippen LogP contribution in [-0.4, -0.2) is 11.8 Å². The van der Waals surface area contributed by atoms with Crippen molar-refractivity contribution in [3.8, 4) is 0 Å². The van der Waals surface area contributed by atoms with Gasteiger partial charge in [-0.25, -0.2) is 0 Å². The fourth-order valence-electron chi connectivity index (χ4n) is 3.27. The maximum atomic E-state index is 12.3. The molecule has 1 aromatic rings. The van der Waals surface area contributed by atoms with Crippen molar-refractivity contribution in [3.63, 3.8) is 0 Å². The number of rotatable bonds is 3. The molecular formula is C16H21NO2. The van der Waals surface area contributed by atoms with Crippen LogP contribution in [0.25, 0.3) is 0 Å². The second-order valence-electron chi connectivity index (χ2n) is 5.78. The first kappa shape index (κ1) is 13.8. The van der Waals surface area contributed by atoms with Crippen molar-refractivity contribution in [3.05, 3.63) is 35.4 Å². The summed E-state index contributed by atoms with van der Waals surface area (Å²) in [6.07, 6.45) is 2.27. The molecule has 1 saturated heterocycles. The average Bonchev–Trinajstić information content (AvgIpc) is 2.30. The van der Waals surface area contributed by atoms with Crippen LogP contribution >= 0.6 is 0 Å². The quantitative estimate of drug-likeness (QED) is 0.848. The molecule has 19 heavy (non-hydrogen) atoms. The lowest BCUT2D eigenvalue weighted by Crippen LogP contribution is -2.49. The standard InChI is InChI=1S/C16H21NO2/c1-4-9-16(3)10-13(18)17-15(19)14(16)12-8-6-5-7-11(12)2/h5-8,14H,4,9-10H2,1-3H3,(H,17,18,19). The lowest BCUT2D eigenvalue weighted by Gasteiger charge is -2.40. The minimum absolute atomic E-state index is 0.147. The Morgan fingerprint density at radius 1 is 1.32 bits per heavy atom. The molecule has 3 nitrogen and oxygen atoms in total. The second-order valence-corrected chi connectivity index (χ2v) is 5.78. The van der Waals surface area contributed by atoms with E-state index in [0.29, 0.717) is 6.42 Å². The van der Waals surface area contributed by atoms with Gasteiger partial charge >= 0.3 is 0 Å². The SMILES string of the molecule is CCCC1(C)CC(=O)NC(=O)C1c1ccccc1C. The van der Waals surface area contributed by atoms with E-state index in [9.17, 15) is 9.59 Å². The van der Waals surface area contributed by atoms with Gasteiger partial charge in [-0.3, -0.25) is 14.9 Å². The molecule has 1 heterocycles. The van der Waals surface area contributed by atoms with Crippen LogP contribution < -0.4 is 5.32 Å². The van der Waals surface area contributed by atoms with Crippen molar-refractivity contribution in [1.29, 1.82) is 0 Å². The Morgan fingerprint density at radius 3 is 2.63 bits per heavy atom. The van der Waals surface area contributed by atoms with E-state index in [-0.39, 0.29) is 23.1 Å². The van der Waals surface area contributed by atoms with E-state index < -0.39 is 0 Å². The van der Waals surface area contributed by atoms with Crippen LogP contribution in [0.1, 0.15) is 50.2 Å². The normalized spacial score (nSPS) is 27.2. The fourth-order valence-corrected chi connectivity index (χ4v) is 3.27. The van der Waals surface area contributed by atoms with E-state index in [0.717, 1.165) is 24.0 Å². The minimum Gasteiger partial charge on any atom is -0.296 e. The highest BCUT2D eigenvalue weighted by molar-refractivity contribution is 6.02. The molecule has 0 aromatic heterocycles. The number of carbonyl (C=O) groups is 2. The van der Waals surface area contributed by atoms with Gasteiger partial charge in [0.05, 0.1) is 5.92 Å². The number of hydrogen-bond donors (Lipinski definition) is 1. The smallest absolute Gasteiger partial charge is 0.234 e. The number of nitrogens with one attached hydrogen (secondary N) is 1. The summed E-state index contributed by atoms with van der Waals surface area (Å²) >= 11 is 0. The molecule has 0 aliphatic carbocycles. The third kappa shape index (κ3) is 2.55. The molecule has 2 amide bonds. The molecule has 1 N–H and O–H groups in total. The lowest BCUT2D eigenvalue weighted by molar-refractivity contribution is -0.139. The lowest BCUT2D eigenvalue weighted by atomic mass is 9.65. The van der Waals surface area contributed by atoms with Gasteiger partial charge in [-0.1, -0.05) is 44.5 Å². The monoisotopic (exact) mass is 259 g/mol. The highest BCUT2D eigenvalue weighted by atomic mass is 16.2. The summed E-state index contributed by atoms with van der Waals surface area (Å²) in [6.45, 7) is 6.17. The number of aryl methyl sites for hydroxylation is 1. The van der Waals surface area contributed by atoms with E-state index in [1.54, 1.807) is 0 Å². The number of imide groups is 1. The molecule has 3 heteroatoms. The third-order valence-corrected chi connectivity index (χ3v) is 4.11. The van der Waals surface area contributed by atoms with Crippen LogP contribution in [0.5, 0.6) is 0 Å². The molecule has 0 radical (unpaired) electrons. The number of hydrogen-bond acceptors (Lipinski definition) is 2. The molecule has 2 rings (SSSR count). The van der Waals surface area contributed by atoms with Gasteiger partial charge in [0.1, 0.15) is 0 Å². The van der Waals surface area contributed by atoms with Crippen molar-refractivity contribution in [1.82, 2.24) is 5.32 Å². The minimum atomic E-state index is -0.277. The van der Waals surface area contributed by atoms with E-state index in [1.807, 2.05) is 31.2 Å². The molecule has 0 bridgehead atoms. The average molecular weight is 259 g/mol. The van der Waals surface area contributed by atoms with E-state index in [2.05, 4.69) is 19.2 Å². The summed E-state index contributed by atoms with van der Waals surface area (Å²) in [5, 5.41) is 2.49. The summed E-state index contributed by atoms with van der Waals surface area (Å²) in [4.78, 5) is 24.0. The Hall–Kier alpha value is -1.64. The molecule has 1 aliphatic heterocycles. The van der Waals surface area contributed by atoms with E-state index in [1.165, 1.54) is 0 Å². The zero-order chi connectivity index (χ0) is 14.0. The summed E-state index contributed by atoms with van der Waals surface area (Å²) in [5.41, 5.74) is 1.88. The Labute approximate surface area is 114 Å². The molecular weight excluding hydrogens is 238 g/mol. The van der Waals surface area contributed by atoms with Crippen molar-refractivity contribution < 1.29 is 9.59 Å². The molecule has 0 saturated carbocycles. The Bertz CT molecular complexity index is 509. The van der Waals surface area contributed by atoms with Gasteiger partial charge in [-0.05, 0) is 29.9 Å². The third-order valence-electron chi connectivity index (χ3n) is 4.11. The molecule has 0 spiro atoms. The van der Waals surface area contributed by atoms with Crippen LogP contribution in [-0.2, 0) is 9.59 Å². The molecule has 2 atom stereocenters. The predicted molar refractivity (Wildman–Crippen MR) is 74.7 cm³/mol. The Morgan fingerprint density at radius 2 is 2.00 bits per heavy atom. The fraction of sp³-hybridized carbons (Fsp3) is 0.500. The molecule has 1 aliphatic rings. The van der Waals surface area contributed by atoms with Gasteiger partial charge in [-0.2, -0.15) is 0 Å². The van der Waals surface area contributed by atoms with Gasteiger partial charge in [0, 0.05) is 6.42 Å². The first-order valence-electron chi connectivity index (χ1n) is 6.87.